The molecule has 2 aromatic rings. The van der Waals surface area contributed by atoms with Gasteiger partial charge in [0.2, 0.25) is 5.95 Å². The van der Waals surface area contributed by atoms with Gasteiger partial charge in [0.05, 0.1) is 16.1 Å². The van der Waals surface area contributed by atoms with E-state index in [0.717, 1.165) is 13.1 Å². The van der Waals surface area contributed by atoms with E-state index in [1.54, 1.807) is 18.2 Å². The molecule has 0 spiro atoms. The fraction of sp³-hybridized carbons (Fsp3) is 0.250. The number of nitrogen functional groups attached to an aromatic ring is 1. The van der Waals surface area contributed by atoms with Crippen LogP contribution in [0.1, 0.15) is 0 Å². The third kappa shape index (κ3) is 2.49. The van der Waals surface area contributed by atoms with Crippen LogP contribution < -0.4 is 16.4 Å². The molecule has 1 aromatic heterocycles. The Hall–Kier alpha value is -1.63. The lowest BCUT2D eigenvalue weighted by atomic mass is 10.1. The summed E-state index contributed by atoms with van der Waals surface area (Å²) in [6, 6.07) is 5.57. The van der Waals surface area contributed by atoms with Crippen molar-refractivity contribution >= 4 is 35.0 Å². The van der Waals surface area contributed by atoms with Crippen LogP contribution >= 0.6 is 23.2 Å². The minimum absolute atomic E-state index is 0.263. The molecule has 0 atom stereocenters. The summed E-state index contributed by atoms with van der Waals surface area (Å²) in [5, 5.41) is 15.2. The van der Waals surface area contributed by atoms with Gasteiger partial charge in [0.15, 0.2) is 5.82 Å². The molecule has 3 rings (SSSR count). The van der Waals surface area contributed by atoms with Crippen molar-refractivity contribution in [2.45, 2.75) is 6.04 Å². The quantitative estimate of drug-likeness (QED) is 0.801. The summed E-state index contributed by atoms with van der Waals surface area (Å²) < 4.78 is 0. The van der Waals surface area contributed by atoms with Crippen molar-refractivity contribution in [2.24, 2.45) is 0 Å². The van der Waals surface area contributed by atoms with E-state index >= 15 is 0 Å². The van der Waals surface area contributed by atoms with Crippen LogP contribution in [0, 0.1) is 0 Å². The number of hydrogen-bond acceptors (Lipinski definition) is 6. The molecule has 104 valence electrons. The van der Waals surface area contributed by atoms with Crippen LogP contribution in [0.2, 0.25) is 10.0 Å². The molecule has 1 fully saturated rings. The van der Waals surface area contributed by atoms with Gasteiger partial charge in [0.25, 0.3) is 0 Å². The fourth-order valence-electron chi connectivity index (χ4n) is 1.85. The first-order chi connectivity index (χ1) is 9.65. The molecule has 0 unspecified atom stereocenters. The number of benzene rings is 1. The van der Waals surface area contributed by atoms with Crippen LogP contribution in [0.4, 0.5) is 11.8 Å². The third-order valence-electron chi connectivity index (χ3n) is 3.04. The van der Waals surface area contributed by atoms with Gasteiger partial charge in [-0.3, -0.25) is 0 Å². The smallest absolute Gasteiger partial charge is 0.245 e. The Morgan fingerprint density at radius 3 is 2.70 bits per heavy atom. The number of halogens is 2. The Kier molecular flexibility index (Phi) is 3.60. The molecule has 20 heavy (non-hydrogen) atoms. The summed E-state index contributed by atoms with van der Waals surface area (Å²) in [6.45, 7) is 1.76. The second kappa shape index (κ2) is 5.40. The van der Waals surface area contributed by atoms with Crippen molar-refractivity contribution in [3.8, 4) is 11.3 Å². The standard InChI is InChI=1S/C12H12Cl2N6/c13-8-3-1-2-7(9(8)14)10-11(15)18-12(20-19-10)17-6-4-16-5-6/h1-3,6,16H,4-5H2,(H3,15,17,18,20). The zero-order valence-corrected chi connectivity index (χ0v) is 11.9. The first-order valence-corrected chi connectivity index (χ1v) is 6.82. The van der Waals surface area contributed by atoms with E-state index in [0.29, 0.717) is 33.3 Å². The van der Waals surface area contributed by atoms with Crippen molar-refractivity contribution in [2.75, 3.05) is 24.1 Å². The van der Waals surface area contributed by atoms with E-state index in [4.69, 9.17) is 28.9 Å². The normalized spacial score (nSPS) is 14.9. The SMILES string of the molecule is Nc1nc(NC2CNC2)nnc1-c1cccc(Cl)c1Cl. The van der Waals surface area contributed by atoms with Crippen molar-refractivity contribution in [1.29, 1.82) is 0 Å². The average Bonchev–Trinajstić information content (AvgIpc) is 2.38. The number of rotatable bonds is 3. The van der Waals surface area contributed by atoms with Crippen LogP contribution in [0.15, 0.2) is 18.2 Å². The first-order valence-electron chi connectivity index (χ1n) is 6.07. The van der Waals surface area contributed by atoms with Gasteiger partial charge in [0.1, 0.15) is 5.69 Å². The second-order valence-corrected chi connectivity index (χ2v) is 5.26. The molecule has 1 aliphatic rings. The highest BCUT2D eigenvalue weighted by molar-refractivity contribution is 6.43. The van der Waals surface area contributed by atoms with Crippen LogP contribution in [0.3, 0.4) is 0 Å². The zero-order chi connectivity index (χ0) is 14.1. The lowest BCUT2D eigenvalue weighted by molar-refractivity contribution is 0.469. The Morgan fingerprint density at radius 2 is 2.05 bits per heavy atom. The van der Waals surface area contributed by atoms with Gasteiger partial charge in [0, 0.05) is 18.7 Å². The second-order valence-electron chi connectivity index (χ2n) is 4.47. The van der Waals surface area contributed by atoms with Crippen molar-refractivity contribution in [3.63, 3.8) is 0 Å². The Bertz CT molecular complexity index is 644. The minimum atomic E-state index is 0.263. The predicted molar refractivity (Wildman–Crippen MR) is 80.0 cm³/mol. The van der Waals surface area contributed by atoms with E-state index in [-0.39, 0.29) is 5.82 Å². The molecule has 0 bridgehead atoms. The molecule has 0 saturated carbocycles. The average molecular weight is 311 g/mol. The van der Waals surface area contributed by atoms with E-state index in [1.165, 1.54) is 0 Å². The van der Waals surface area contributed by atoms with Crippen LogP contribution in [-0.2, 0) is 0 Å². The summed E-state index contributed by atoms with van der Waals surface area (Å²) in [5.74, 6) is 0.676. The molecule has 1 aliphatic heterocycles. The molecule has 0 radical (unpaired) electrons. The molecule has 1 saturated heterocycles. The lowest BCUT2D eigenvalue weighted by Gasteiger charge is -2.27. The van der Waals surface area contributed by atoms with Crippen molar-refractivity contribution in [3.05, 3.63) is 28.2 Å². The molecule has 8 heteroatoms. The molecule has 1 aromatic carbocycles. The monoisotopic (exact) mass is 310 g/mol. The van der Waals surface area contributed by atoms with Crippen LogP contribution in [0.25, 0.3) is 11.3 Å². The molecule has 0 amide bonds. The Labute approximate surface area is 125 Å². The summed E-state index contributed by atoms with van der Waals surface area (Å²) in [6.07, 6.45) is 0. The van der Waals surface area contributed by atoms with Gasteiger partial charge >= 0.3 is 0 Å². The van der Waals surface area contributed by atoms with E-state index in [1.807, 2.05) is 0 Å². The first kappa shape index (κ1) is 13.4. The van der Waals surface area contributed by atoms with Gasteiger partial charge in [-0.15, -0.1) is 10.2 Å². The minimum Gasteiger partial charge on any atom is -0.382 e. The highest BCUT2D eigenvalue weighted by Gasteiger charge is 2.19. The van der Waals surface area contributed by atoms with E-state index in [9.17, 15) is 0 Å². The Morgan fingerprint density at radius 1 is 1.25 bits per heavy atom. The number of aromatic nitrogens is 3. The number of nitrogens with two attached hydrogens (primary N) is 1. The summed E-state index contributed by atoms with van der Waals surface area (Å²) >= 11 is 12.1. The maximum atomic E-state index is 6.15. The predicted octanol–water partition coefficient (Wildman–Crippen LogP) is 1.81. The maximum Gasteiger partial charge on any atom is 0.245 e. The molecule has 6 nitrogen and oxygen atoms in total. The highest BCUT2D eigenvalue weighted by atomic mass is 35.5. The van der Waals surface area contributed by atoms with E-state index < -0.39 is 0 Å². The third-order valence-corrected chi connectivity index (χ3v) is 3.85. The number of nitrogens with zero attached hydrogens (tertiary/aromatic N) is 3. The molecular formula is C12H12Cl2N6. The number of nitrogens with one attached hydrogen (secondary N) is 2. The fourth-order valence-corrected chi connectivity index (χ4v) is 2.24. The van der Waals surface area contributed by atoms with E-state index in [2.05, 4.69) is 25.8 Å². The van der Waals surface area contributed by atoms with Crippen LogP contribution in [-0.4, -0.2) is 34.3 Å². The summed E-state index contributed by atoms with van der Waals surface area (Å²) in [4.78, 5) is 4.21. The highest BCUT2D eigenvalue weighted by Crippen LogP contribution is 2.34. The van der Waals surface area contributed by atoms with Crippen molar-refractivity contribution < 1.29 is 0 Å². The van der Waals surface area contributed by atoms with Gasteiger partial charge in [-0.1, -0.05) is 35.3 Å². The van der Waals surface area contributed by atoms with Gasteiger partial charge in [-0.25, -0.2) is 0 Å². The molecule has 4 N–H and O–H groups in total. The summed E-state index contributed by atoms with van der Waals surface area (Å²) in [7, 11) is 0. The van der Waals surface area contributed by atoms with Crippen molar-refractivity contribution in [1.82, 2.24) is 20.5 Å². The summed E-state index contributed by atoms with van der Waals surface area (Å²) in [5.41, 5.74) is 6.98. The van der Waals surface area contributed by atoms with Gasteiger partial charge in [-0.2, -0.15) is 4.98 Å². The van der Waals surface area contributed by atoms with Gasteiger partial charge < -0.3 is 16.4 Å². The van der Waals surface area contributed by atoms with Gasteiger partial charge in [-0.05, 0) is 6.07 Å². The molecule has 0 aliphatic carbocycles. The lowest BCUT2D eigenvalue weighted by Crippen LogP contribution is -2.51. The maximum absolute atomic E-state index is 6.15. The van der Waals surface area contributed by atoms with Crippen LogP contribution in [0.5, 0.6) is 0 Å². The Balaban J connectivity index is 1.92. The number of hydrogen-bond donors (Lipinski definition) is 3. The zero-order valence-electron chi connectivity index (χ0n) is 10.4. The topological polar surface area (TPSA) is 88.8 Å². The molecule has 2 heterocycles. The molecular weight excluding hydrogens is 299 g/mol. The largest absolute Gasteiger partial charge is 0.382 e. The number of anilines is 2.